The third-order valence-electron chi connectivity index (χ3n) is 3.67. The van der Waals surface area contributed by atoms with E-state index < -0.39 is 0 Å². The quantitative estimate of drug-likeness (QED) is 0.829. The molecule has 1 atom stereocenters. The Morgan fingerprint density at radius 2 is 1.85 bits per heavy atom. The molecule has 0 amide bonds. The first kappa shape index (κ1) is 18.1. The monoisotopic (exact) mass is 358 g/mol. The standard InChI is InChI=1S/C13H16Cl2N2O.2ClH/c14-10-2-1-9-11(17-6-4-16-5-7-17)3-8-18-13(9)12(10)15;;/h1-2,11,16H,3-8H2;2*1H. The van der Waals surface area contributed by atoms with E-state index in [1.807, 2.05) is 6.07 Å². The van der Waals surface area contributed by atoms with Crippen molar-refractivity contribution in [3.63, 3.8) is 0 Å². The van der Waals surface area contributed by atoms with Gasteiger partial charge in [-0.1, -0.05) is 29.3 Å². The molecule has 0 spiro atoms. The molecule has 2 aliphatic rings. The van der Waals surface area contributed by atoms with Crippen molar-refractivity contribution in [3.05, 3.63) is 27.7 Å². The summed E-state index contributed by atoms with van der Waals surface area (Å²) in [4.78, 5) is 2.50. The van der Waals surface area contributed by atoms with Gasteiger partial charge in [0.1, 0.15) is 10.8 Å². The second-order valence-electron chi connectivity index (χ2n) is 4.72. The second kappa shape index (κ2) is 7.92. The van der Waals surface area contributed by atoms with Gasteiger partial charge in [-0.25, -0.2) is 0 Å². The lowest BCUT2D eigenvalue weighted by Gasteiger charge is -2.38. The molecule has 1 N–H and O–H groups in total. The molecule has 1 unspecified atom stereocenters. The summed E-state index contributed by atoms with van der Waals surface area (Å²) >= 11 is 12.3. The fraction of sp³-hybridized carbons (Fsp3) is 0.538. The Morgan fingerprint density at radius 3 is 2.55 bits per heavy atom. The molecule has 3 nitrogen and oxygen atoms in total. The minimum atomic E-state index is 0. The molecule has 0 aliphatic carbocycles. The largest absolute Gasteiger partial charge is 0.492 e. The van der Waals surface area contributed by atoms with Crippen molar-refractivity contribution < 1.29 is 4.74 Å². The molecule has 0 bridgehead atoms. The molecule has 3 rings (SSSR count). The minimum Gasteiger partial charge on any atom is -0.492 e. The van der Waals surface area contributed by atoms with Gasteiger partial charge in [0.25, 0.3) is 0 Å². The first-order chi connectivity index (χ1) is 8.77. The number of nitrogens with zero attached hydrogens (tertiary/aromatic N) is 1. The van der Waals surface area contributed by atoms with Crippen LogP contribution in [0.4, 0.5) is 0 Å². The van der Waals surface area contributed by atoms with Gasteiger partial charge in [-0.05, 0) is 6.07 Å². The molecule has 1 aromatic carbocycles. The number of hydrogen-bond acceptors (Lipinski definition) is 3. The van der Waals surface area contributed by atoms with Crippen LogP contribution in [0.1, 0.15) is 18.0 Å². The Kier molecular flexibility index (Phi) is 7.19. The molecule has 0 radical (unpaired) electrons. The fourth-order valence-electron chi connectivity index (χ4n) is 2.76. The minimum absolute atomic E-state index is 0. The Hall–Kier alpha value is 0.1000. The van der Waals surface area contributed by atoms with Crippen LogP contribution < -0.4 is 10.1 Å². The summed E-state index contributed by atoms with van der Waals surface area (Å²) in [6, 6.07) is 4.33. The first-order valence-electron chi connectivity index (χ1n) is 6.33. The van der Waals surface area contributed by atoms with Gasteiger partial charge in [0.05, 0.1) is 11.6 Å². The normalized spacial score (nSPS) is 22.0. The van der Waals surface area contributed by atoms with E-state index in [0.717, 1.165) is 38.3 Å². The van der Waals surface area contributed by atoms with Crippen LogP contribution in [0, 0.1) is 0 Å². The zero-order valence-electron chi connectivity index (χ0n) is 10.9. The number of fused-ring (bicyclic) bond motifs is 1. The van der Waals surface area contributed by atoms with Crippen molar-refractivity contribution >= 4 is 48.0 Å². The molecule has 7 heteroatoms. The SMILES string of the molecule is Cl.Cl.Clc1ccc2c(c1Cl)OCCC2N1CCNCC1. The van der Waals surface area contributed by atoms with E-state index in [2.05, 4.69) is 16.3 Å². The maximum Gasteiger partial charge on any atom is 0.144 e. The summed E-state index contributed by atoms with van der Waals surface area (Å²) in [6.07, 6.45) is 1.02. The van der Waals surface area contributed by atoms with Gasteiger partial charge in [-0.15, -0.1) is 24.8 Å². The van der Waals surface area contributed by atoms with Gasteiger partial charge in [-0.2, -0.15) is 0 Å². The van der Waals surface area contributed by atoms with E-state index in [-0.39, 0.29) is 24.8 Å². The van der Waals surface area contributed by atoms with Gasteiger partial charge >= 0.3 is 0 Å². The molecule has 20 heavy (non-hydrogen) atoms. The average molecular weight is 360 g/mol. The van der Waals surface area contributed by atoms with E-state index in [1.54, 1.807) is 0 Å². The van der Waals surface area contributed by atoms with Crippen molar-refractivity contribution in [3.8, 4) is 5.75 Å². The number of nitrogens with one attached hydrogen (secondary N) is 1. The molecular weight excluding hydrogens is 342 g/mol. The Morgan fingerprint density at radius 1 is 1.15 bits per heavy atom. The highest BCUT2D eigenvalue weighted by Crippen LogP contribution is 2.43. The van der Waals surface area contributed by atoms with E-state index in [0.29, 0.717) is 22.7 Å². The lowest BCUT2D eigenvalue weighted by Crippen LogP contribution is -2.46. The highest BCUT2D eigenvalue weighted by Gasteiger charge is 2.29. The summed E-state index contributed by atoms with van der Waals surface area (Å²) < 4.78 is 5.70. The van der Waals surface area contributed by atoms with E-state index >= 15 is 0 Å². The predicted octanol–water partition coefficient (Wildman–Crippen LogP) is 3.57. The Balaban J connectivity index is 0.000001000. The molecule has 0 aromatic heterocycles. The number of benzene rings is 1. The zero-order chi connectivity index (χ0) is 12.5. The highest BCUT2D eigenvalue weighted by molar-refractivity contribution is 6.43. The van der Waals surface area contributed by atoms with Crippen LogP contribution in [-0.4, -0.2) is 37.7 Å². The van der Waals surface area contributed by atoms with Gasteiger partial charge in [0, 0.05) is 44.2 Å². The molecule has 1 aromatic rings. The van der Waals surface area contributed by atoms with Gasteiger partial charge in [-0.3, -0.25) is 4.90 Å². The van der Waals surface area contributed by atoms with Crippen LogP contribution in [0.3, 0.4) is 0 Å². The Bertz CT molecular complexity index is 452. The van der Waals surface area contributed by atoms with Crippen LogP contribution in [-0.2, 0) is 0 Å². The van der Waals surface area contributed by atoms with Crippen molar-refractivity contribution in [2.45, 2.75) is 12.5 Å². The molecule has 2 aliphatic heterocycles. The van der Waals surface area contributed by atoms with Gasteiger partial charge in [0.15, 0.2) is 0 Å². The van der Waals surface area contributed by atoms with Crippen molar-refractivity contribution in [2.24, 2.45) is 0 Å². The number of ether oxygens (including phenoxy) is 1. The number of hydrogen-bond donors (Lipinski definition) is 1. The molecule has 114 valence electrons. The molecule has 2 heterocycles. The fourth-order valence-corrected chi connectivity index (χ4v) is 3.13. The summed E-state index contributed by atoms with van der Waals surface area (Å²) in [5.74, 6) is 0.777. The van der Waals surface area contributed by atoms with Gasteiger partial charge in [0.2, 0.25) is 0 Å². The zero-order valence-corrected chi connectivity index (χ0v) is 14.0. The van der Waals surface area contributed by atoms with Crippen LogP contribution >= 0.6 is 48.0 Å². The summed E-state index contributed by atoms with van der Waals surface area (Å²) in [7, 11) is 0. The summed E-state index contributed by atoms with van der Waals surface area (Å²) in [6.45, 7) is 4.96. The third kappa shape index (κ3) is 3.46. The van der Waals surface area contributed by atoms with Crippen LogP contribution in [0.2, 0.25) is 10.0 Å². The predicted molar refractivity (Wildman–Crippen MR) is 88.3 cm³/mol. The number of piperazine rings is 1. The third-order valence-corrected chi connectivity index (χ3v) is 4.46. The maximum absolute atomic E-state index is 6.23. The topological polar surface area (TPSA) is 24.5 Å². The van der Waals surface area contributed by atoms with Crippen LogP contribution in [0.5, 0.6) is 5.75 Å². The van der Waals surface area contributed by atoms with Crippen molar-refractivity contribution in [1.29, 1.82) is 0 Å². The average Bonchev–Trinajstić information content (AvgIpc) is 2.43. The van der Waals surface area contributed by atoms with E-state index in [9.17, 15) is 0 Å². The molecular formula is C13H18Cl4N2O. The van der Waals surface area contributed by atoms with Crippen LogP contribution in [0.15, 0.2) is 12.1 Å². The summed E-state index contributed by atoms with van der Waals surface area (Å²) in [5, 5.41) is 4.49. The Labute approximate surface area is 141 Å². The summed E-state index contributed by atoms with van der Waals surface area (Å²) in [5.41, 5.74) is 1.18. The first-order valence-corrected chi connectivity index (χ1v) is 7.08. The van der Waals surface area contributed by atoms with Crippen LogP contribution in [0.25, 0.3) is 0 Å². The highest BCUT2D eigenvalue weighted by atomic mass is 35.5. The maximum atomic E-state index is 6.23. The van der Waals surface area contributed by atoms with E-state index in [4.69, 9.17) is 27.9 Å². The lowest BCUT2D eigenvalue weighted by atomic mass is 9.98. The van der Waals surface area contributed by atoms with E-state index in [1.165, 1.54) is 5.56 Å². The molecule has 0 saturated carbocycles. The second-order valence-corrected chi connectivity index (χ2v) is 5.50. The lowest BCUT2D eigenvalue weighted by molar-refractivity contribution is 0.126. The number of rotatable bonds is 1. The number of halogens is 4. The molecule has 1 saturated heterocycles. The smallest absolute Gasteiger partial charge is 0.144 e. The molecule has 1 fully saturated rings. The van der Waals surface area contributed by atoms with Crippen molar-refractivity contribution in [2.75, 3.05) is 32.8 Å². The van der Waals surface area contributed by atoms with Gasteiger partial charge < -0.3 is 10.1 Å². The van der Waals surface area contributed by atoms with Crippen molar-refractivity contribution in [1.82, 2.24) is 10.2 Å².